The Morgan fingerprint density at radius 3 is 2.29 bits per heavy atom. The van der Waals surface area contributed by atoms with Gasteiger partial charge in [-0.15, -0.1) is 0 Å². The number of aromatic nitrogens is 1. The van der Waals surface area contributed by atoms with Crippen LogP contribution in [0.5, 0.6) is 0 Å². The lowest BCUT2D eigenvalue weighted by Gasteiger charge is -2.13. The molecule has 1 aromatic heterocycles. The first-order valence-electron chi connectivity index (χ1n) is 3.84. The number of pyridine rings is 1. The summed E-state index contributed by atoms with van der Waals surface area (Å²) in [5.74, 6) is 0. The Hall–Kier alpha value is -1.32. The van der Waals surface area contributed by atoms with Crippen molar-refractivity contribution in [1.29, 1.82) is 0 Å². The molecule has 0 fully saturated rings. The summed E-state index contributed by atoms with van der Waals surface area (Å²) in [6.07, 6.45) is -8.52. The minimum absolute atomic E-state index is 0.277. The molecule has 4 nitrogen and oxygen atoms in total. The van der Waals surface area contributed by atoms with Crippen molar-refractivity contribution in [1.82, 2.24) is 4.98 Å². The van der Waals surface area contributed by atoms with Crippen LogP contribution in [0.3, 0.4) is 0 Å². The van der Waals surface area contributed by atoms with Crippen LogP contribution in [-0.4, -0.2) is 9.91 Å². The highest BCUT2D eigenvalue weighted by molar-refractivity contribution is 9.10. The number of hydrogen-bond donors (Lipinski definition) is 0. The van der Waals surface area contributed by atoms with Crippen LogP contribution in [0, 0.1) is 10.1 Å². The van der Waals surface area contributed by atoms with Crippen LogP contribution in [0.15, 0.2) is 10.8 Å². The molecule has 1 aromatic rings. The van der Waals surface area contributed by atoms with Crippen LogP contribution in [0.1, 0.15) is 17.6 Å². The van der Waals surface area contributed by atoms with Crippen molar-refractivity contribution in [3.8, 4) is 0 Å². The molecule has 0 amide bonds. The summed E-state index contributed by atoms with van der Waals surface area (Å²) in [5, 5.41) is 10.4. The molecule has 0 bridgehead atoms. The number of nitro groups is 1. The van der Waals surface area contributed by atoms with E-state index in [0.29, 0.717) is 0 Å². The number of alkyl halides is 5. The van der Waals surface area contributed by atoms with Crippen LogP contribution >= 0.6 is 15.9 Å². The molecule has 0 aliphatic rings. The van der Waals surface area contributed by atoms with E-state index in [1.165, 1.54) is 0 Å². The molecule has 1 rings (SSSR count). The Kier molecular flexibility index (Phi) is 3.65. The van der Waals surface area contributed by atoms with Crippen molar-refractivity contribution in [2.24, 2.45) is 0 Å². The zero-order valence-corrected chi connectivity index (χ0v) is 9.22. The summed E-state index contributed by atoms with van der Waals surface area (Å²) >= 11 is 2.41. The van der Waals surface area contributed by atoms with E-state index in [0.717, 1.165) is 0 Å². The summed E-state index contributed by atoms with van der Waals surface area (Å²) in [6.45, 7) is 0. The summed E-state index contributed by atoms with van der Waals surface area (Å²) in [5.41, 5.74) is -5.03. The lowest BCUT2D eigenvalue weighted by Crippen LogP contribution is -2.14. The Morgan fingerprint density at radius 1 is 1.41 bits per heavy atom. The smallest absolute Gasteiger partial charge is 0.258 e. The molecule has 94 valence electrons. The van der Waals surface area contributed by atoms with Gasteiger partial charge >= 0.3 is 6.18 Å². The van der Waals surface area contributed by atoms with Crippen molar-refractivity contribution in [3.05, 3.63) is 32.0 Å². The van der Waals surface area contributed by atoms with Crippen LogP contribution < -0.4 is 0 Å². The second-order valence-corrected chi connectivity index (χ2v) is 3.53. The molecule has 1 heterocycles. The third kappa shape index (κ3) is 2.68. The Balaban J connectivity index is 3.68. The average molecular weight is 321 g/mol. The van der Waals surface area contributed by atoms with Crippen molar-refractivity contribution in [2.45, 2.75) is 12.6 Å². The first-order valence-corrected chi connectivity index (χ1v) is 4.63. The first kappa shape index (κ1) is 13.7. The molecular formula is C7H2BrF5N2O2. The van der Waals surface area contributed by atoms with E-state index in [-0.39, 0.29) is 6.20 Å². The molecule has 0 aliphatic heterocycles. The normalized spacial score (nSPS) is 11.9. The maximum absolute atomic E-state index is 12.5. The predicted molar refractivity (Wildman–Crippen MR) is 48.6 cm³/mol. The van der Waals surface area contributed by atoms with Crippen LogP contribution in [-0.2, 0) is 6.18 Å². The Bertz CT molecular complexity index is 462. The van der Waals surface area contributed by atoms with Crippen molar-refractivity contribution in [3.63, 3.8) is 0 Å². The van der Waals surface area contributed by atoms with E-state index in [1.807, 2.05) is 0 Å². The van der Waals surface area contributed by atoms with E-state index in [4.69, 9.17) is 0 Å². The molecule has 0 N–H and O–H groups in total. The third-order valence-electron chi connectivity index (χ3n) is 1.75. The molecule has 0 saturated heterocycles. The van der Waals surface area contributed by atoms with Gasteiger partial charge in [0.15, 0.2) is 0 Å². The van der Waals surface area contributed by atoms with Crippen molar-refractivity contribution >= 4 is 21.6 Å². The van der Waals surface area contributed by atoms with Gasteiger partial charge in [-0.2, -0.15) is 13.2 Å². The second-order valence-electron chi connectivity index (χ2n) is 2.78. The molecule has 0 aromatic carbocycles. The zero-order valence-electron chi connectivity index (χ0n) is 7.63. The van der Waals surface area contributed by atoms with E-state index >= 15 is 0 Å². The fourth-order valence-corrected chi connectivity index (χ4v) is 1.60. The summed E-state index contributed by atoms with van der Waals surface area (Å²) in [7, 11) is 0. The van der Waals surface area contributed by atoms with Gasteiger partial charge in [-0.25, -0.2) is 13.8 Å². The van der Waals surface area contributed by atoms with Crippen LogP contribution in [0.25, 0.3) is 0 Å². The fraction of sp³-hybridized carbons (Fsp3) is 0.286. The van der Waals surface area contributed by atoms with Gasteiger partial charge in [0.2, 0.25) is 0 Å². The van der Waals surface area contributed by atoms with Gasteiger partial charge < -0.3 is 0 Å². The summed E-state index contributed by atoms with van der Waals surface area (Å²) < 4.78 is 61.7. The SMILES string of the molecule is O=[N+]([O-])c1cnc(Br)c(C(F)F)c1C(F)(F)F. The van der Waals surface area contributed by atoms with Gasteiger partial charge in [0.05, 0.1) is 10.5 Å². The molecular weight excluding hydrogens is 319 g/mol. The molecule has 0 saturated carbocycles. The van der Waals surface area contributed by atoms with Gasteiger partial charge in [0, 0.05) is 0 Å². The minimum Gasteiger partial charge on any atom is -0.258 e. The maximum atomic E-state index is 12.5. The highest BCUT2D eigenvalue weighted by atomic mass is 79.9. The summed E-state index contributed by atoms with van der Waals surface area (Å²) in [4.78, 5) is 12.0. The zero-order chi connectivity index (χ0) is 13.4. The predicted octanol–water partition coefficient (Wildman–Crippen LogP) is 3.71. The minimum atomic E-state index is -5.26. The van der Waals surface area contributed by atoms with Crippen molar-refractivity contribution < 1.29 is 26.9 Å². The van der Waals surface area contributed by atoms with E-state index in [2.05, 4.69) is 20.9 Å². The topological polar surface area (TPSA) is 56.0 Å². The third-order valence-corrected chi connectivity index (χ3v) is 2.38. The molecule has 10 heteroatoms. The Morgan fingerprint density at radius 2 is 1.94 bits per heavy atom. The number of halogens is 6. The maximum Gasteiger partial charge on any atom is 0.423 e. The molecule has 0 atom stereocenters. The van der Waals surface area contributed by atoms with E-state index in [9.17, 15) is 32.1 Å². The standard InChI is InChI=1S/C7H2BrF5N2O2/c8-5-3(6(9)10)4(7(11,12)13)2(1-14-5)15(16)17/h1,6H. The Labute approximate surface area is 98.7 Å². The fourth-order valence-electron chi connectivity index (χ4n) is 1.13. The first-order chi connectivity index (χ1) is 7.66. The van der Waals surface area contributed by atoms with E-state index < -0.39 is 38.9 Å². The largest absolute Gasteiger partial charge is 0.423 e. The molecule has 0 spiro atoms. The average Bonchev–Trinajstić information content (AvgIpc) is 2.14. The second kappa shape index (κ2) is 4.51. The van der Waals surface area contributed by atoms with Crippen LogP contribution in [0.2, 0.25) is 0 Å². The monoisotopic (exact) mass is 320 g/mol. The van der Waals surface area contributed by atoms with E-state index in [1.54, 1.807) is 0 Å². The van der Waals surface area contributed by atoms with Gasteiger partial charge in [-0.05, 0) is 15.9 Å². The lowest BCUT2D eigenvalue weighted by atomic mass is 10.1. The van der Waals surface area contributed by atoms with Gasteiger partial charge in [0.25, 0.3) is 12.1 Å². The highest BCUT2D eigenvalue weighted by Gasteiger charge is 2.44. The highest BCUT2D eigenvalue weighted by Crippen LogP contribution is 2.43. The van der Waals surface area contributed by atoms with Crippen molar-refractivity contribution in [2.75, 3.05) is 0 Å². The van der Waals surface area contributed by atoms with Gasteiger partial charge in [0.1, 0.15) is 16.4 Å². The summed E-state index contributed by atoms with van der Waals surface area (Å²) in [6, 6.07) is 0. The number of rotatable bonds is 2. The molecule has 0 aliphatic carbocycles. The number of nitrogens with zero attached hydrogens (tertiary/aromatic N) is 2. The quantitative estimate of drug-likeness (QED) is 0.361. The van der Waals surface area contributed by atoms with Crippen LogP contribution in [0.4, 0.5) is 27.6 Å². The van der Waals surface area contributed by atoms with Gasteiger partial charge in [-0.3, -0.25) is 10.1 Å². The number of hydrogen-bond acceptors (Lipinski definition) is 3. The molecule has 17 heavy (non-hydrogen) atoms. The lowest BCUT2D eigenvalue weighted by molar-refractivity contribution is -0.388. The molecule has 0 radical (unpaired) electrons. The molecule has 0 unspecified atom stereocenters. The van der Waals surface area contributed by atoms with Gasteiger partial charge in [-0.1, -0.05) is 0 Å².